The van der Waals surface area contributed by atoms with Crippen molar-refractivity contribution in [3.05, 3.63) is 24.4 Å². The fourth-order valence-corrected chi connectivity index (χ4v) is 5.93. The third kappa shape index (κ3) is 1.49. The van der Waals surface area contributed by atoms with Crippen LogP contribution in [-0.2, 0) is 9.59 Å². The Balaban J connectivity index is 1.75. The van der Waals surface area contributed by atoms with Gasteiger partial charge in [0.1, 0.15) is 5.82 Å². The first kappa shape index (κ1) is 13.0. The van der Waals surface area contributed by atoms with E-state index in [-0.39, 0.29) is 45.1 Å². The van der Waals surface area contributed by atoms with Gasteiger partial charge in [0.05, 0.1) is 11.8 Å². The minimum atomic E-state index is -0.173. The van der Waals surface area contributed by atoms with E-state index < -0.39 is 0 Å². The summed E-state index contributed by atoms with van der Waals surface area (Å²) in [4.78, 5) is 31.3. The topological polar surface area (TPSA) is 50.3 Å². The summed E-state index contributed by atoms with van der Waals surface area (Å²) in [5.74, 6) is 0.457. The van der Waals surface area contributed by atoms with Gasteiger partial charge in [0.2, 0.25) is 11.8 Å². The third-order valence-electron chi connectivity index (χ3n) is 4.87. The van der Waals surface area contributed by atoms with Crippen molar-refractivity contribution in [3.8, 4) is 0 Å². The molecule has 20 heavy (non-hydrogen) atoms. The molecule has 104 valence electrons. The average molecular weight is 400 g/mol. The van der Waals surface area contributed by atoms with Crippen LogP contribution in [0.1, 0.15) is 6.42 Å². The van der Waals surface area contributed by atoms with E-state index in [1.807, 2.05) is 0 Å². The van der Waals surface area contributed by atoms with Gasteiger partial charge in [0, 0.05) is 15.9 Å². The Morgan fingerprint density at radius 1 is 1.05 bits per heavy atom. The number of hydrogen-bond donors (Lipinski definition) is 0. The lowest BCUT2D eigenvalue weighted by molar-refractivity contribution is -0.123. The molecule has 4 nitrogen and oxygen atoms in total. The maximum absolute atomic E-state index is 12.7. The number of fused-ring (bicyclic) bond motifs is 5. The van der Waals surface area contributed by atoms with Crippen molar-refractivity contribution < 1.29 is 9.59 Å². The minimum absolute atomic E-state index is 0.0740. The van der Waals surface area contributed by atoms with Crippen molar-refractivity contribution in [2.24, 2.45) is 23.7 Å². The van der Waals surface area contributed by atoms with Gasteiger partial charge in [-0.15, -0.1) is 0 Å². The van der Waals surface area contributed by atoms with Crippen LogP contribution in [0.2, 0.25) is 0 Å². The molecule has 1 saturated heterocycles. The molecule has 1 aliphatic heterocycles. The Hall–Kier alpha value is -0.750. The van der Waals surface area contributed by atoms with E-state index in [0.29, 0.717) is 5.82 Å². The van der Waals surface area contributed by atoms with Gasteiger partial charge in [-0.05, 0) is 30.4 Å². The van der Waals surface area contributed by atoms with Crippen LogP contribution in [0.15, 0.2) is 24.4 Å². The largest absolute Gasteiger partial charge is 0.274 e. The van der Waals surface area contributed by atoms with E-state index in [1.54, 1.807) is 24.4 Å². The Morgan fingerprint density at radius 3 is 2.15 bits per heavy atom. The highest BCUT2D eigenvalue weighted by Crippen LogP contribution is 2.60. The summed E-state index contributed by atoms with van der Waals surface area (Å²) < 4.78 is 0. The molecule has 3 aliphatic rings. The van der Waals surface area contributed by atoms with Gasteiger partial charge < -0.3 is 0 Å². The number of alkyl halides is 2. The number of imide groups is 1. The van der Waals surface area contributed by atoms with Gasteiger partial charge in [-0.1, -0.05) is 37.9 Å². The zero-order valence-electron chi connectivity index (χ0n) is 10.4. The number of aromatic nitrogens is 1. The standard InChI is InChI=1S/C14H12Br2N2O2/c15-11-6-5-7(12(11)16)10-9(6)13(19)18(14(10)20)8-3-1-2-4-17-8/h1-4,6-7,9-12H,5H2/t6-,7-,9-,10-,11-,12+/m0/s1. The molecule has 6 atom stereocenters. The summed E-state index contributed by atoms with van der Waals surface area (Å²) >= 11 is 7.35. The lowest BCUT2D eigenvalue weighted by atomic mass is 9.81. The molecule has 2 saturated carbocycles. The van der Waals surface area contributed by atoms with Crippen molar-refractivity contribution >= 4 is 49.5 Å². The molecule has 2 bridgehead atoms. The van der Waals surface area contributed by atoms with Crippen LogP contribution in [0.4, 0.5) is 5.82 Å². The molecule has 0 N–H and O–H groups in total. The lowest BCUT2D eigenvalue weighted by Crippen LogP contribution is -2.37. The molecule has 2 heterocycles. The predicted molar refractivity (Wildman–Crippen MR) is 80.7 cm³/mol. The number of pyridine rings is 1. The second-order valence-corrected chi connectivity index (χ2v) is 7.82. The van der Waals surface area contributed by atoms with Gasteiger partial charge in [0.25, 0.3) is 0 Å². The quantitative estimate of drug-likeness (QED) is 0.538. The summed E-state index contributed by atoms with van der Waals surface area (Å²) in [6.07, 6.45) is 2.56. The second kappa shape index (κ2) is 4.37. The third-order valence-corrected chi connectivity index (χ3v) is 8.07. The monoisotopic (exact) mass is 398 g/mol. The first-order valence-corrected chi connectivity index (χ1v) is 8.51. The van der Waals surface area contributed by atoms with Crippen molar-refractivity contribution in [3.63, 3.8) is 0 Å². The van der Waals surface area contributed by atoms with Crippen molar-refractivity contribution in [1.29, 1.82) is 0 Å². The molecule has 0 unspecified atom stereocenters. The number of nitrogens with zero attached hydrogens (tertiary/aromatic N) is 2. The SMILES string of the molecule is O=C1[C@H]2[C@@H]3C[C@H]([C@@H](Br)[C@H]3Br)[C@@H]2C(=O)N1c1ccccn1. The minimum Gasteiger partial charge on any atom is -0.274 e. The molecule has 6 heteroatoms. The Labute approximate surface area is 133 Å². The highest BCUT2D eigenvalue weighted by molar-refractivity contribution is 9.12. The Morgan fingerprint density at radius 2 is 1.65 bits per heavy atom. The molecule has 1 aromatic heterocycles. The summed E-state index contributed by atoms with van der Waals surface area (Å²) in [5.41, 5.74) is 0. The van der Waals surface area contributed by atoms with Gasteiger partial charge in [-0.25, -0.2) is 9.88 Å². The molecule has 2 amide bonds. The van der Waals surface area contributed by atoms with E-state index >= 15 is 0 Å². The second-order valence-electron chi connectivity index (χ2n) is 5.70. The van der Waals surface area contributed by atoms with Crippen LogP contribution in [0.25, 0.3) is 0 Å². The van der Waals surface area contributed by atoms with Crippen molar-refractivity contribution in [1.82, 2.24) is 4.98 Å². The fourth-order valence-electron chi connectivity index (χ4n) is 4.06. The Bertz CT molecular complexity index is 562. The van der Waals surface area contributed by atoms with E-state index in [1.165, 1.54) is 4.90 Å². The normalized spacial score (nSPS) is 42.4. The lowest BCUT2D eigenvalue weighted by Gasteiger charge is -2.28. The highest BCUT2D eigenvalue weighted by atomic mass is 79.9. The highest BCUT2D eigenvalue weighted by Gasteiger charge is 2.66. The summed E-state index contributed by atoms with van der Waals surface area (Å²) in [5, 5.41) is 0. The van der Waals surface area contributed by atoms with Crippen molar-refractivity contribution in [2.75, 3.05) is 4.90 Å². The van der Waals surface area contributed by atoms with Gasteiger partial charge in [-0.2, -0.15) is 0 Å². The number of carbonyl (C=O) groups is 2. The molecule has 0 aromatic carbocycles. The molecular formula is C14H12Br2N2O2. The number of hydrogen-bond acceptors (Lipinski definition) is 3. The summed E-state index contributed by atoms with van der Waals surface area (Å²) in [6.45, 7) is 0. The first-order chi connectivity index (χ1) is 9.61. The summed E-state index contributed by atoms with van der Waals surface area (Å²) in [6, 6.07) is 5.30. The van der Waals surface area contributed by atoms with Crippen LogP contribution < -0.4 is 4.90 Å². The number of amides is 2. The number of rotatable bonds is 1. The molecular weight excluding hydrogens is 388 g/mol. The predicted octanol–water partition coefficient (Wildman–Crippen LogP) is 2.36. The maximum Gasteiger partial charge on any atom is 0.239 e. The molecule has 3 fully saturated rings. The van der Waals surface area contributed by atoms with Crippen LogP contribution in [-0.4, -0.2) is 26.5 Å². The van der Waals surface area contributed by atoms with Gasteiger partial charge >= 0.3 is 0 Å². The van der Waals surface area contributed by atoms with Crippen LogP contribution in [0, 0.1) is 23.7 Å². The van der Waals surface area contributed by atoms with Gasteiger partial charge in [0.15, 0.2) is 0 Å². The van der Waals surface area contributed by atoms with Crippen LogP contribution >= 0.6 is 31.9 Å². The zero-order valence-corrected chi connectivity index (χ0v) is 13.6. The molecule has 0 radical (unpaired) electrons. The maximum atomic E-state index is 12.7. The summed E-state index contributed by atoms with van der Waals surface area (Å²) in [7, 11) is 0. The zero-order chi connectivity index (χ0) is 14.0. The first-order valence-electron chi connectivity index (χ1n) is 6.68. The van der Waals surface area contributed by atoms with Crippen molar-refractivity contribution in [2.45, 2.75) is 16.1 Å². The number of carbonyl (C=O) groups excluding carboxylic acids is 2. The fraction of sp³-hybridized carbons (Fsp3) is 0.500. The van der Waals surface area contributed by atoms with Crippen LogP contribution in [0.3, 0.4) is 0 Å². The van der Waals surface area contributed by atoms with E-state index in [0.717, 1.165) is 6.42 Å². The van der Waals surface area contributed by atoms with Crippen LogP contribution in [0.5, 0.6) is 0 Å². The van der Waals surface area contributed by atoms with E-state index in [2.05, 4.69) is 36.8 Å². The molecule has 1 aromatic rings. The Kier molecular flexibility index (Phi) is 2.83. The van der Waals surface area contributed by atoms with Gasteiger partial charge in [-0.3, -0.25) is 9.59 Å². The van der Waals surface area contributed by atoms with E-state index in [4.69, 9.17) is 0 Å². The smallest absolute Gasteiger partial charge is 0.239 e. The van der Waals surface area contributed by atoms with E-state index in [9.17, 15) is 9.59 Å². The number of halogens is 2. The molecule has 4 rings (SSSR count). The molecule has 2 aliphatic carbocycles. The number of anilines is 1. The average Bonchev–Trinajstić information content (AvgIpc) is 3.05. The molecule has 0 spiro atoms.